The van der Waals surface area contributed by atoms with Crippen LogP contribution in [-0.4, -0.2) is 42.7 Å². The first kappa shape index (κ1) is 72.2. The summed E-state index contributed by atoms with van der Waals surface area (Å²) in [5.41, 5.74) is 19.2. The molecule has 0 fully saturated rings. The molecule has 8 nitrogen and oxygen atoms in total. The third-order valence-electron chi connectivity index (χ3n) is 14.8. The number of thiophene rings is 3. The highest BCUT2D eigenvalue weighted by molar-refractivity contribution is 7.22. The van der Waals surface area contributed by atoms with Crippen molar-refractivity contribution in [3.8, 4) is 60.5 Å². The predicted molar refractivity (Wildman–Crippen MR) is 400 cm³/mol. The maximum atomic E-state index is 7.15. The van der Waals surface area contributed by atoms with Gasteiger partial charge in [0.25, 0.3) is 0 Å². The van der Waals surface area contributed by atoms with Gasteiger partial charge >= 0.3 is 0 Å². The van der Waals surface area contributed by atoms with E-state index in [9.17, 15) is 0 Å². The molecular weight excluding hydrogens is 1180 g/mol. The zero-order chi connectivity index (χ0) is 66.5. The lowest BCUT2D eigenvalue weighted by molar-refractivity contribution is 0.343. The molecule has 92 heavy (non-hydrogen) atoms. The van der Waals surface area contributed by atoms with Gasteiger partial charge in [-0.25, -0.2) is 24.9 Å². The summed E-state index contributed by atoms with van der Waals surface area (Å²) in [6, 6.07) is 44.2. The Bertz CT molecular complexity index is 4040. The smallest absolute Gasteiger partial charge is 0.235 e. The fourth-order valence-electron chi connectivity index (χ4n) is 10.2. The minimum absolute atomic E-state index is 0.433. The first-order valence-corrected chi connectivity index (χ1v) is 33.8. The van der Waals surface area contributed by atoms with Gasteiger partial charge in [-0.15, -0.1) is 47.2 Å². The van der Waals surface area contributed by atoms with Crippen LogP contribution in [0.15, 0.2) is 191 Å². The standard InChI is InChI=1S/C23H24S2.C17H18N2O.C16H19N3.C14H14N2.C11H16S/c1-5-7-8-12-19-14-22(24-16(19)3)23-15-21(17(4)25-23)20-13-10-9-11-18(20)6-2;1-5-11-20-17-13(4)18-16(12(3)19-17)15-9-7-14(6-2)8-10-15;1-4-5-6-8-14-9-7-10-15(11-14)16-18-12(2)17-13(3)19-16;1-10-7-14(8-11(2)16-10)13-5-3-12(9-15)4-6-13;1-4-5-6-7-11-8-9(2)12-10(11)3/h5-7,9-11,13-15H,2,8,12H2,1,3-4H3;5-10H,1-2,11H2,3-4H3;4,7,9-11H,1,5-6,8H2,2-3H3;3-9,15H,1-2H3;4,8H,1,5-7H2,2-3H3/b7-5+;;;;. The largest absolute Gasteiger partial charge is 0.472 e. The molecule has 0 bridgehead atoms. The number of nitrogens with zero attached hydrogens (tertiary/aromatic N) is 6. The van der Waals surface area contributed by atoms with Crippen LogP contribution >= 0.6 is 34.0 Å². The lowest BCUT2D eigenvalue weighted by Gasteiger charge is -2.10. The molecule has 0 aliphatic heterocycles. The monoisotopic (exact) mass is 1270 g/mol. The number of aryl methyl sites for hydroxylation is 13. The van der Waals surface area contributed by atoms with Crippen molar-refractivity contribution in [3.05, 3.63) is 278 Å². The fourth-order valence-corrected chi connectivity index (χ4v) is 13.4. The average molecular weight is 1270 g/mol. The molecule has 0 saturated carbocycles. The summed E-state index contributed by atoms with van der Waals surface area (Å²) in [5, 5.41) is 7.15. The van der Waals surface area contributed by atoms with E-state index in [0.29, 0.717) is 12.5 Å². The summed E-state index contributed by atoms with van der Waals surface area (Å²) in [7, 11) is 0. The van der Waals surface area contributed by atoms with E-state index in [-0.39, 0.29) is 0 Å². The average Bonchev–Trinajstić information content (AvgIpc) is 2.57. The molecule has 0 spiro atoms. The number of pyridine rings is 1. The summed E-state index contributed by atoms with van der Waals surface area (Å²) < 4.78 is 5.49. The number of ether oxygens (including phenoxy) is 1. The Morgan fingerprint density at radius 3 is 1.72 bits per heavy atom. The number of allylic oxidation sites excluding steroid dienone is 4. The van der Waals surface area contributed by atoms with Gasteiger partial charge in [0.2, 0.25) is 5.88 Å². The van der Waals surface area contributed by atoms with Crippen LogP contribution < -0.4 is 4.74 Å². The van der Waals surface area contributed by atoms with Gasteiger partial charge in [0.15, 0.2) is 5.82 Å². The second-order valence-electron chi connectivity index (χ2n) is 22.3. The van der Waals surface area contributed by atoms with Crippen LogP contribution in [0.4, 0.5) is 0 Å². The Balaban J connectivity index is 0.000000186. The van der Waals surface area contributed by atoms with Crippen molar-refractivity contribution in [2.45, 2.75) is 128 Å². The molecule has 4 aromatic carbocycles. The van der Waals surface area contributed by atoms with Gasteiger partial charge in [-0.1, -0.05) is 153 Å². The highest BCUT2D eigenvalue weighted by Gasteiger charge is 2.16. The molecule has 0 aliphatic carbocycles. The van der Waals surface area contributed by atoms with Crippen molar-refractivity contribution in [3.63, 3.8) is 0 Å². The molecule has 0 amide bonds. The third kappa shape index (κ3) is 22.2. The topological polar surface area (TPSA) is 110 Å². The second-order valence-corrected chi connectivity index (χ2v) is 26.3. The van der Waals surface area contributed by atoms with E-state index in [1.54, 1.807) is 6.08 Å². The van der Waals surface area contributed by atoms with Crippen LogP contribution in [0.25, 0.3) is 66.8 Å². The van der Waals surface area contributed by atoms with E-state index in [4.69, 9.17) is 10.1 Å². The summed E-state index contributed by atoms with van der Waals surface area (Å²) >= 11 is 5.71. The van der Waals surface area contributed by atoms with E-state index in [2.05, 4.69) is 182 Å². The number of nitrogens with one attached hydrogen (secondary N) is 1. The first-order valence-electron chi connectivity index (χ1n) is 31.4. The van der Waals surface area contributed by atoms with Crippen LogP contribution in [0.5, 0.6) is 5.88 Å². The summed E-state index contributed by atoms with van der Waals surface area (Å²) in [6.45, 7) is 41.8. The normalized spacial score (nSPS) is 10.5. The van der Waals surface area contributed by atoms with Crippen molar-refractivity contribution in [2.75, 3.05) is 6.61 Å². The van der Waals surface area contributed by atoms with E-state index < -0.39 is 0 Å². The highest BCUT2D eigenvalue weighted by Crippen LogP contribution is 2.42. The maximum absolute atomic E-state index is 7.15. The van der Waals surface area contributed by atoms with E-state index in [1.807, 2.05) is 154 Å². The van der Waals surface area contributed by atoms with Gasteiger partial charge in [-0.2, -0.15) is 0 Å². The lowest BCUT2D eigenvalue weighted by atomic mass is 10.00. The predicted octanol–water partition coefficient (Wildman–Crippen LogP) is 22.8. The van der Waals surface area contributed by atoms with Gasteiger partial charge in [0, 0.05) is 58.0 Å². The molecule has 0 aliphatic rings. The molecule has 6 aromatic heterocycles. The van der Waals surface area contributed by atoms with Gasteiger partial charge in [0.05, 0.1) is 11.4 Å². The molecule has 0 atom stereocenters. The quantitative estimate of drug-likeness (QED) is 0.0409. The molecule has 474 valence electrons. The Kier molecular flexibility index (Phi) is 29.4. The first-order chi connectivity index (χ1) is 44.4. The molecule has 10 rings (SSSR count). The fraction of sp³-hybridized carbons (Fsp3) is 0.247. The highest BCUT2D eigenvalue weighted by atomic mass is 32.1. The van der Waals surface area contributed by atoms with Crippen molar-refractivity contribution in [2.24, 2.45) is 0 Å². The van der Waals surface area contributed by atoms with E-state index in [0.717, 1.165) is 107 Å². The zero-order valence-corrected chi connectivity index (χ0v) is 58.4. The SMILES string of the molecule is C=CCCCc1cc(C)sc1C.C=CCCCc1cccc(-c2nc(C)nc(C)n2)c1.C=CCOc1nc(C)c(-c2ccc(C=C)cc2)nc1C.C=Cc1ccccc1-c1cc(-c2cc(CC/C=C/C)c(C)s2)sc1C.Cc1cc(-c2ccc(C=N)cc2)cc(C)n1. The van der Waals surface area contributed by atoms with Gasteiger partial charge in [-0.05, 0) is 220 Å². The maximum Gasteiger partial charge on any atom is 0.235 e. The molecule has 10 aromatic rings. The van der Waals surface area contributed by atoms with Crippen molar-refractivity contribution in [1.29, 1.82) is 5.41 Å². The second kappa shape index (κ2) is 37.5. The number of hydrogen-bond donors (Lipinski definition) is 1. The van der Waals surface area contributed by atoms with Crippen LogP contribution in [0.2, 0.25) is 0 Å². The Morgan fingerprint density at radius 1 is 0.478 bits per heavy atom. The number of benzene rings is 4. The van der Waals surface area contributed by atoms with Crippen LogP contribution in [0.3, 0.4) is 0 Å². The van der Waals surface area contributed by atoms with E-state index >= 15 is 0 Å². The Labute approximate surface area is 561 Å². The molecule has 0 radical (unpaired) electrons. The van der Waals surface area contributed by atoms with Gasteiger partial charge in [-0.3, -0.25) is 4.98 Å². The third-order valence-corrected chi connectivity index (χ3v) is 18.2. The zero-order valence-electron chi connectivity index (χ0n) is 56.0. The number of aromatic nitrogens is 6. The molecule has 6 heterocycles. The number of hydrogen-bond acceptors (Lipinski definition) is 11. The summed E-state index contributed by atoms with van der Waals surface area (Å²) in [6.07, 6.45) is 24.2. The van der Waals surface area contributed by atoms with Crippen LogP contribution in [-0.2, 0) is 19.3 Å². The van der Waals surface area contributed by atoms with E-state index in [1.165, 1.54) is 92.8 Å². The molecule has 1 N–H and O–H groups in total. The van der Waals surface area contributed by atoms with Crippen molar-refractivity contribution in [1.82, 2.24) is 29.9 Å². The van der Waals surface area contributed by atoms with Crippen molar-refractivity contribution < 1.29 is 4.74 Å². The Morgan fingerprint density at radius 2 is 1.10 bits per heavy atom. The molecular formula is C81H91N7OS3. The lowest BCUT2D eigenvalue weighted by Crippen LogP contribution is -2.03. The molecule has 0 saturated heterocycles. The van der Waals surface area contributed by atoms with Gasteiger partial charge in [0.1, 0.15) is 23.9 Å². The van der Waals surface area contributed by atoms with Crippen LogP contribution in [0, 0.1) is 74.6 Å². The number of rotatable bonds is 22. The summed E-state index contributed by atoms with van der Waals surface area (Å²) in [4.78, 5) is 34.9. The molecule has 11 heteroatoms. The number of unbranched alkanes of at least 4 members (excludes halogenated alkanes) is 2. The molecule has 0 unspecified atom stereocenters. The summed E-state index contributed by atoms with van der Waals surface area (Å²) in [5.74, 6) is 2.85. The minimum Gasteiger partial charge on any atom is -0.472 e. The minimum atomic E-state index is 0.433. The Hall–Kier alpha value is -8.87. The van der Waals surface area contributed by atoms with Gasteiger partial charge < -0.3 is 10.1 Å². The van der Waals surface area contributed by atoms with Crippen LogP contribution in [0.1, 0.15) is 126 Å². The van der Waals surface area contributed by atoms with Crippen molar-refractivity contribution >= 4 is 52.4 Å².